The molecule has 1 heteroatoms. The van der Waals surface area contributed by atoms with Crippen molar-refractivity contribution in [2.24, 2.45) is 0 Å². The molecule has 0 fully saturated rings. The first-order valence-corrected chi connectivity index (χ1v) is 6.79. The van der Waals surface area contributed by atoms with Gasteiger partial charge in [0.05, 0.1) is 0 Å². The fourth-order valence-electron chi connectivity index (χ4n) is 2.27. The normalized spacial score (nSPS) is 12.0. The zero-order chi connectivity index (χ0) is 11.6. The predicted octanol–water partition coefficient (Wildman–Crippen LogP) is 4.33. The van der Waals surface area contributed by atoms with Gasteiger partial charge in [-0.1, -0.05) is 52.9 Å². The van der Waals surface area contributed by atoms with E-state index in [1.807, 2.05) is 0 Å². The van der Waals surface area contributed by atoms with Gasteiger partial charge in [0.15, 0.2) is 0 Å². The molecule has 0 aliphatic carbocycles. The maximum atomic E-state index is 3.91. The highest BCUT2D eigenvalue weighted by Gasteiger charge is 2.23. The van der Waals surface area contributed by atoms with Crippen molar-refractivity contribution in [3.05, 3.63) is 6.92 Å². The van der Waals surface area contributed by atoms with Crippen LogP contribution in [0.4, 0.5) is 0 Å². The standard InChI is InChI=1S/C14H30N/c1-5-9-10-11-12-13-14(6-2,7-3)15-8-4/h15H,4-13H2,1-3H3. The minimum absolute atomic E-state index is 0.369. The smallest absolute Gasteiger partial charge is 0.0176 e. The minimum atomic E-state index is 0.369. The zero-order valence-electron chi connectivity index (χ0n) is 11.1. The van der Waals surface area contributed by atoms with Crippen LogP contribution >= 0.6 is 0 Å². The molecule has 0 saturated heterocycles. The van der Waals surface area contributed by atoms with Crippen molar-refractivity contribution in [1.29, 1.82) is 0 Å². The third kappa shape index (κ3) is 6.19. The van der Waals surface area contributed by atoms with Crippen molar-refractivity contribution in [3.8, 4) is 0 Å². The van der Waals surface area contributed by atoms with Crippen molar-refractivity contribution >= 4 is 0 Å². The van der Waals surface area contributed by atoms with Crippen LogP contribution in [0.3, 0.4) is 0 Å². The molecule has 0 aromatic rings. The van der Waals surface area contributed by atoms with Crippen LogP contribution in [-0.4, -0.2) is 12.1 Å². The van der Waals surface area contributed by atoms with Gasteiger partial charge in [0.25, 0.3) is 0 Å². The zero-order valence-corrected chi connectivity index (χ0v) is 11.1. The molecule has 0 bridgehead atoms. The lowest BCUT2D eigenvalue weighted by atomic mass is 9.86. The first-order valence-electron chi connectivity index (χ1n) is 6.79. The summed E-state index contributed by atoms with van der Waals surface area (Å²) in [5.74, 6) is 0. The summed E-state index contributed by atoms with van der Waals surface area (Å²) < 4.78 is 0. The molecule has 0 heterocycles. The second-order valence-electron chi connectivity index (χ2n) is 4.58. The summed E-state index contributed by atoms with van der Waals surface area (Å²) in [6.07, 6.45) is 10.7. The van der Waals surface area contributed by atoms with E-state index in [4.69, 9.17) is 0 Å². The van der Waals surface area contributed by atoms with Crippen molar-refractivity contribution in [1.82, 2.24) is 5.32 Å². The van der Waals surface area contributed by atoms with Gasteiger partial charge in [-0.2, -0.15) is 0 Å². The number of unbranched alkanes of at least 4 members (excludes halogenated alkanes) is 4. The molecule has 0 saturated carbocycles. The fourth-order valence-corrected chi connectivity index (χ4v) is 2.27. The van der Waals surface area contributed by atoms with Crippen LogP contribution in [0.2, 0.25) is 0 Å². The molecule has 0 aliphatic heterocycles. The van der Waals surface area contributed by atoms with Gasteiger partial charge in [-0.3, -0.25) is 0 Å². The molecule has 0 spiro atoms. The molecule has 0 rings (SSSR count). The summed E-state index contributed by atoms with van der Waals surface area (Å²) in [5, 5.41) is 3.58. The lowest BCUT2D eigenvalue weighted by Crippen LogP contribution is -2.44. The molecule has 15 heavy (non-hydrogen) atoms. The molecule has 91 valence electrons. The second-order valence-corrected chi connectivity index (χ2v) is 4.58. The highest BCUT2D eigenvalue weighted by atomic mass is 15.0. The van der Waals surface area contributed by atoms with Gasteiger partial charge in [0.2, 0.25) is 0 Å². The molecule has 1 nitrogen and oxygen atoms in total. The van der Waals surface area contributed by atoms with E-state index in [9.17, 15) is 0 Å². The molecule has 0 aromatic heterocycles. The topological polar surface area (TPSA) is 12.0 Å². The van der Waals surface area contributed by atoms with Gasteiger partial charge in [0, 0.05) is 5.54 Å². The summed E-state index contributed by atoms with van der Waals surface area (Å²) >= 11 is 0. The molecule has 1 radical (unpaired) electrons. The Morgan fingerprint density at radius 1 is 0.933 bits per heavy atom. The summed E-state index contributed by atoms with van der Waals surface area (Å²) in [4.78, 5) is 0. The summed E-state index contributed by atoms with van der Waals surface area (Å²) in [6, 6.07) is 0. The molecule has 0 aromatic carbocycles. The minimum Gasteiger partial charge on any atom is -0.311 e. The third-order valence-corrected chi connectivity index (χ3v) is 3.61. The van der Waals surface area contributed by atoms with Crippen molar-refractivity contribution in [3.63, 3.8) is 0 Å². The van der Waals surface area contributed by atoms with Crippen LogP contribution in [0.5, 0.6) is 0 Å². The molecule has 0 aliphatic rings. The highest BCUT2D eigenvalue weighted by Crippen LogP contribution is 2.23. The van der Waals surface area contributed by atoms with Gasteiger partial charge >= 0.3 is 0 Å². The van der Waals surface area contributed by atoms with Gasteiger partial charge in [-0.15, -0.1) is 0 Å². The van der Waals surface area contributed by atoms with E-state index in [0.29, 0.717) is 5.54 Å². The molecule has 1 N–H and O–H groups in total. The average Bonchev–Trinajstić information content (AvgIpc) is 2.27. The largest absolute Gasteiger partial charge is 0.311 e. The molecule has 0 amide bonds. The van der Waals surface area contributed by atoms with Crippen molar-refractivity contribution in [2.75, 3.05) is 6.54 Å². The Hall–Kier alpha value is -0.0400. The SMILES string of the molecule is [CH2]CNC(CC)(CC)CCCCCCC. The van der Waals surface area contributed by atoms with Crippen molar-refractivity contribution < 1.29 is 0 Å². The lowest BCUT2D eigenvalue weighted by Gasteiger charge is -2.33. The van der Waals surface area contributed by atoms with Crippen LogP contribution in [0.15, 0.2) is 0 Å². The Morgan fingerprint density at radius 2 is 1.53 bits per heavy atom. The van der Waals surface area contributed by atoms with E-state index >= 15 is 0 Å². The van der Waals surface area contributed by atoms with E-state index in [2.05, 4.69) is 33.0 Å². The molecular weight excluding hydrogens is 182 g/mol. The van der Waals surface area contributed by atoms with E-state index in [0.717, 1.165) is 6.54 Å². The number of hydrogen-bond acceptors (Lipinski definition) is 1. The van der Waals surface area contributed by atoms with Crippen LogP contribution < -0.4 is 5.32 Å². The predicted molar refractivity (Wildman–Crippen MR) is 70.0 cm³/mol. The van der Waals surface area contributed by atoms with E-state index < -0.39 is 0 Å². The molecule has 0 atom stereocenters. The molecule has 0 unspecified atom stereocenters. The Kier molecular flexibility index (Phi) is 9.18. The van der Waals surface area contributed by atoms with Gasteiger partial charge in [-0.25, -0.2) is 0 Å². The summed E-state index contributed by atoms with van der Waals surface area (Å²) in [5.41, 5.74) is 0.369. The third-order valence-electron chi connectivity index (χ3n) is 3.61. The maximum absolute atomic E-state index is 3.91. The first kappa shape index (κ1) is 15.0. The summed E-state index contributed by atoms with van der Waals surface area (Å²) in [7, 11) is 0. The van der Waals surface area contributed by atoms with Gasteiger partial charge in [0.1, 0.15) is 0 Å². The Bertz CT molecular complexity index is 127. The van der Waals surface area contributed by atoms with Crippen LogP contribution in [0.1, 0.15) is 72.1 Å². The molecular formula is C14H30N. The summed E-state index contributed by atoms with van der Waals surface area (Å²) in [6.45, 7) is 11.6. The number of rotatable bonds is 10. The van der Waals surface area contributed by atoms with Crippen molar-refractivity contribution in [2.45, 2.75) is 77.7 Å². The quantitative estimate of drug-likeness (QED) is 0.531. The number of hydrogen-bond donors (Lipinski definition) is 1. The monoisotopic (exact) mass is 212 g/mol. The van der Waals surface area contributed by atoms with E-state index in [-0.39, 0.29) is 0 Å². The Balaban J connectivity index is 3.74. The van der Waals surface area contributed by atoms with E-state index in [1.54, 1.807) is 0 Å². The average molecular weight is 212 g/mol. The second kappa shape index (κ2) is 9.21. The van der Waals surface area contributed by atoms with Crippen LogP contribution in [0.25, 0.3) is 0 Å². The van der Waals surface area contributed by atoms with Crippen LogP contribution in [0, 0.1) is 6.92 Å². The van der Waals surface area contributed by atoms with Gasteiger partial charge < -0.3 is 5.32 Å². The fraction of sp³-hybridized carbons (Fsp3) is 0.929. The highest BCUT2D eigenvalue weighted by molar-refractivity contribution is 4.85. The van der Waals surface area contributed by atoms with E-state index in [1.165, 1.54) is 51.4 Å². The van der Waals surface area contributed by atoms with Crippen LogP contribution in [-0.2, 0) is 0 Å². The Labute approximate surface area is 97.0 Å². The first-order chi connectivity index (χ1) is 7.24. The lowest BCUT2D eigenvalue weighted by molar-refractivity contribution is 0.280. The maximum Gasteiger partial charge on any atom is 0.0176 e. The number of nitrogens with one attached hydrogen (secondary N) is 1. The van der Waals surface area contributed by atoms with Gasteiger partial charge in [-0.05, 0) is 32.7 Å². The Morgan fingerprint density at radius 3 is 2.00 bits per heavy atom.